The monoisotopic (exact) mass is 182 g/mol. The molecule has 0 bridgehead atoms. The molecule has 0 radical (unpaired) electrons. The quantitative estimate of drug-likeness (QED) is 0.383. The summed E-state index contributed by atoms with van der Waals surface area (Å²) in [4.78, 5) is 0. The maximum atomic E-state index is 8.89. The molecule has 0 saturated heterocycles. The van der Waals surface area contributed by atoms with E-state index in [4.69, 9.17) is 7.67 Å². The first-order valence-electron chi connectivity index (χ1n) is 0.463. The van der Waals surface area contributed by atoms with Gasteiger partial charge in [0, 0.05) is 0 Å². The Morgan fingerprint density at radius 2 is 1.40 bits per heavy atom. The topological polar surface area (TPSA) is 34.1 Å². The van der Waals surface area contributed by atoms with Gasteiger partial charge in [0.25, 0.3) is 0 Å². The first-order valence-corrected chi connectivity index (χ1v) is 3.18. The van der Waals surface area contributed by atoms with Crippen LogP contribution >= 0.6 is 0 Å². The molecule has 5 heavy (non-hydrogen) atoms. The van der Waals surface area contributed by atoms with Crippen LogP contribution in [0.4, 0.5) is 0 Å². The van der Waals surface area contributed by atoms with Crippen molar-refractivity contribution in [3.63, 3.8) is 0 Å². The van der Waals surface area contributed by atoms with Gasteiger partial charge >= 0.3 is 48.4 Å². The van der Waals surface area contributed by atoms with Crippen LogP contribution < -0.4 is 0 Å². The molecule has 0 rings (SSSR count). The fraction of sp³-hybridized carbons (Fsp3) is 0. The molecule has 36 valence electrons. The Kier molecular flexibility index (Phi) is 9.35. The second-order valence-corrected chi connectivity index (χ2v) is 1.82. The van der Waals surface area contributed by atoms with Gasteiger partial charge in [-0.1, -0.05) is 0 Å². The van der Waals surface area contributed by atoms with Crippen LogP contribution in [-0.4, -0.2) is 0 Å². The summed E-state index contributed by atoms with van der Waals surface area (Å²) in [5.41, 5.74) is 0. The van der Waals surface area contributed by atoms with Crippen molar-refractivity contribution < 1.29 is 37.4 Å². The normalized spacial score (nSPS) is 6.80. The SMILES string of the molecule is [Cu+].[O]=[Mn](=[O])[S-]. The molecule has 0 aromatic carbocycles. The molecule has 0 unspecified atom stereocenters. The molecule has 0 atom stereocenters. The summed E-state index contributed by atoms with van der Waals surface area (Å²) >= 11 is 0.801. The van der Waals surface area contributed by atoms with E-state index in [0.717, 1.165) is 0 Å². The Morgan fingerprint density at radius 1 is 1.40 bits per heavy atom. The van der Waals surface area contributed by atoms with Gasteiger partial charge in [0.05, 0.1) is 0 Å². The molecular formula is CuMnO2S. The zero-order valence-corrected chi connectivity index (χ0v) is 4.84. The molecule has 0 fully saturated rings. The molecule has 5 heteroatoms. The summed E-state index contributed by atoms with van der Waals surface area (Å²) in [5, 5.41) is 0. The average Bonchev–Trinajstić information content (AvgIpc) is 0.811. The number of rotatable bonds is 0. The zero-order valence-electron chi connectivity index (χ0n) is 1.90. The van der Waals surface area contributed by atoms with Crippen LogP contribution in [0.15, 0.2) is 0 Å². The molecule has 0 aliphatic rings. The van der Waals surface area contributed by atoms with Gasteiger partial charge in [-0.2, -0.15) is 0 Å². The molecule has 0 aromatic rings. The van der Waals surface area contributed by atoms with E-state index >= 15 is 0 Å². The van der Waals surface area contributed by atoms with Gasteiger partial charge in [-0.15, -0.1) is 0 Å². The predicted molar refractivity (Wildman–Crippen MR) is 8.74 cm³/mol. The van der Waals surface area contributed by atoms with Crippen LogP contribution in [0.3, 0.4) is 0 Å². The maximum absolute atomic E-state index is 8.89. The van der Waals surface area contributed by atoms with Crippen LogP contribution in [0, 0.1) is 0 Å². The van der Waals surface area contributed by atoms with Gasteiger partial charge in [0.2, 0.25) is 0 Å². The van der Waals surface area contributed by atoms with Crippen molar-refractivity contribution in [1.82, 2.24) is 0 Å². The Balaban J connectivity index is 0. The van der Waals surface area contributed by atoms with Crippen LogP contribution in [0.2, 0.25) is 0 Å². The summed E-state index contributed by atoms with van der Waals surface area (Å²) in [7, 11) is 0. The fourth-order valence-electron chi connectivity index (χ4n) is 0. The summed E-state index contributed by atoms with van der Waals surface area (Å²) < 4.78 is 17.8. The van der Waals surface area contributed by atoms with E-state index in [1.807, 2.05) is 0 Å². The molecule has 0 aliphatic carbocycles. The minimum absolute atomic E-state index is 0. The van der Waals surface area contributed by atoms with E-state index in [0.29, 0.717) is 0 Å². The second kappa shape index (κ2) is 4.99. The first kappa shape index (κ1) is 9.37. The third kappa shape index (κ3) is 45.6. The van der Waals surface area contributed by atoms with Crippen molar-refractivity contribution >= 4 is 11.0 Å². The van der Waals surface area contributed by atoms with Gasteiger partial charge < -0.3 is 0 Å². The van der Waals surface area contributed by atoms with Crippen molar-refractivity contribution in [2.24, 2.45) is 0 Å². The third-order valence-corrected chi connectivity index (χ3v) is 0. The molecule has 0 amide bonds. The Labute approximate surface area is 48.6 Å². The van der Waals surface area contributed by atoms with Crippen molar-refractivity contribution in [2.75, 3.05) is 0 Å². The Bertz CT molecular complexity index is 58.0. The molecule has 0 spiro atoms. The molecule has 2 nitrogen and oxygen atoms in total. The average molecular weight is 183 g/mol. The van der Waals surface area contributed by atoms with E-state index in [-0.39, 0.29) is 17.1 Å². The third-order valence-electron chi connectivity index (χ3n) is 0. The van der Waals surface area contributed by atoms with Crippen LogP contribution in [-0.2, 0) is 48.4 Å². The van der Waals surface area contributed by atoms with E-state index in [2.05, 4.69) is 11.0 Å². The van der Waals surface area contributed by atoms with Gasteiger partial charge in [-0.25, -0.2) is 0 Å². The van der Waals surface area contributed by atoms with Gasteiger partial charge in [0.15, 0.2) is 0 Å². The van der Waals surface area contributed by atoms with Gasteiger partial charge in [-0.05, 0) is 0 Å². The standard InChI is InChI=1S/Cu.Mn.2O.S/q+1;;;;-1. The number of hydrogen-bond donors (Lipinski definition) is 0. The van der Waals surface area contributed by atoms with Gasteiger partial charge in [0.1, 0.15) is 0 Å². The van der Waals surface area contributed by atoms with Crippen LogP contribution in [0.25, 0.3) is 0 Å². The minimum atomic E-state index is -2.81. The van der Waals surface area contributed by atoms with E-state index in [1.54, 1.807) is 0 Å². The first-order chi connectivity index (χ1) is 1.73. The molecule has 0 N–H and O–H groups in total. The van der Waals surface area contributed by atoms with Crippen LogP contribution in [0.1, 0.15) is 0 Å². The summed E-state index contributed by atoms with van der Waals surface area (Å²) in [6.07, 6.45) is 0. The predicted octanol–water partition coefficient (Wildman–Crippen LogP) is -0.245. The summed E-state index contributed by atoms with van der Waals surface area (Å²) in [5.74, 6) is 0. The fourth-order valence-corrected chi connectivity index (χ4v) is 0. The van der Waals surface area contributed by atoms with Crippen LogP contribution in [0.5, 0.6) is 0 Å². The van der Waals surface area contributed by atoms with Crippen molar-refractivity contribution in [3.05, 3.63) is 0 Å². The van der Waals surface area contributed by atoms with Crippen molar-refractivity contribution in [2.45, 2.75) is 0 Å². The molecule has 0 heterocycles. The molecule has 0 aliphatic heterocycles. The van der Waals surface area contributed by atoms with Crippen molar-refractivity contribution in [3.8, 4) is 0 Å². The summed E-state index contributed by atoms with van der Waals surface area (Å²) in [6.45, 7) is 0. The van der Waals surface area contributed by atoms with E-state index in [1.165, 1.54) is 0 Å². The Morgan fingerprint density at radius 3 is 1.40 bits per heavy atom. The van der Waals surface area contributed by atoms with E-state index < -0.39 is 12.6 Å². The molecule has 0 saturated carbocycles. The Hall–Kier alpha value is 0.989. The van der Waals surface area contributed by atoms with E-state index in [9.17, 15) is 0 Å². The molecular weight excluding hydrogens is 183 g/mol. The summed E-state index contributed by atoms with van der Waals surface area (Å²) in [6, 6.07) is 0. The number of hydrogen-bond acceptors (Lipinski definition) is 3. The molecule has 0 aromatic heterocycles. The second-order valence-electron chi connectivity index (χ2n) is 0.189. The zero-order chi connectivity index (χ0) is 3.58. The van der Waals surface area contributed by atoms with Gasteiger partial charge in [-0.3, -0.25) is 0 Å². The van der Waals surface area contributed by atoms with Crippen molar-refractivity contribution in [1.29, 1.82) is 0 Å².